The number of amides is 1. The molecule has 7 heteroatoms. The first-order valence-electron chi connectivity index (χ1n) is 10.6. The summed E-state index contributed by atoms with van der Waals surface area (Å²) in [5.74, 6) is 0.515. The van der Waals surface area contributed by atoms with Crippen molar-refractivity contribution in [3.05, 3.63) is 48.0 Å². The number of pyridine rings is 1. The molecule has 2 aliphatic heterocycles. The average Bonchev–Trinajstić information content (AvgIpc) is 2.80. The van der Waals surface area contributed by atoms with Crippen LogP contribution in [0.1, 0.15) is 5.56 Å². The minimum absolute atomic E-state index is 0.0121. The van der Waals surface area contributed by atoms with Crippen molar-refractivity contribution in [3.8, 4) is 11.1 Å². The number of carbonyl (C=O) groups excluding carboxylic acids is 1. The molecule has 0 unspecified atom stereocenters. The number of rotatable bonds is 3. The minimum Gasteiger partial charge on any atom is -0.382 e. The molecule has 1 amide bonds. The Hall–Kier alpha value is -3.16. The molecule has 0 radical (unpaired) electrons. The van der Waals surface area contributed by atoms with Gasteiger partial charge in [0.15, 0.2) is 0 Å². The van der Waals surface area contributed by atoms with Crippen LogP contribution in [-0.2, 0) is 14.3 Å². The third-order valence-electron chi connectivity index (χ3n) is 6.08. The number of para-hydroxylation sites is 1. The van der Waals surface area contributed by atoms with E-state index in [1.54, 1.807) is 0 Å². The van der Waals surface area contributed by atoms with Gasteiger partial charge in [-0.2, -0.15) is 0 Å². The van der Waals surface area contributed by atoms with Crippen molar-refractivity contribution in [3.63, 3.8) is 0 Å². The van der Waals surface area contributed by atoms with Crippen LogP contribution in [0.15, 0.2) is 42.5 Å². The highest BCUT2D eigenvalue weighted by Gasteiger charge is 2.23. The monoisotopic (exact) mass is 418 g/mol. The lowest BCUT2D eigenvalue weighted by Crippen LogP contribution is -2.42. The number of carbonyl (C=O) groups is 1. The first kappa shape index (κ1) is 19.8. The Labute approximate surface area is 181 Å². The Morgan fingerprint density at radius 2 is 1.68 bits per heavy atom. The van der Waals surface area contributed by atoms with E-state index in [1.165, 1.54) is 0 Å². The summed E-state index contributed by atoms with van der Waals surface area (Å²) in [6.45, 7) is 6.31. The van der Waals surface area contributed by atoms with Crippen LogP contribution in [0.5, 0.6) is 0 Å². The third kappa shape index (κ3) is 3.60. The molecule has 0 atom stereocenters. The first-order chi connectivity index (χ1) is 15.1. The minimum atomic E-state index is -0.0121. The highest BCUT2D eigenvalue weighted by molar-refractivity contribution is 6.00. The van der Waals surface area contributed by atoms with Crippen molar-refractivity contribution in [2.24, 2.45) is 0 Å². The summed E-state index contributed by atoms with van der Waals surface area (Å²) in [4.78, 5) is 21.3. The summed E-state index contributed by atoms with van der Waals surface area (Å²) in [5, 5.41) is 1.04. The lowest BCUT2D eigenvalue weighted by Gasteiger charge is -2.30. The fourth-order valence-corrected chi connectivity index (χ4v) is 4.46. The molecule has 160 valence electrons. The van der Waals surface area contributed by atoms with Crippen LogP contribution in [0.3, 0.4) is 0 Å². The maximum Gasteiger partial charge on any atom is 0.253 e. The second-order valence-corrected chi connectivity index (χ2v) is 7.92. The number of nitrogens with zero attached hydrogens (tertiary/aromatic N) is 3. The third-order valence-corrected chi connectivity index (χ3v) is 6.08. The number of nitrogen functional groups attached to an aromatic ring is 1. The van der Waals surface area contributed by atoms with E-state index < -0.39 is 0 Å². The van der Waals surface area contributed by atoms with Crippen molar-refractivity contribution in [2.75, 3.05) is 61.6 Å². The summed E-state index contributed by atoms with van der Waals surface area (Å²) in [6.07, 6.45) is 0. The van der Waals surface area contributed by atoms with E-state index in [-0.39, 0.29) is 12.5 Å². The molecule has 1 aromatic heterocycles. The van der Waals surface area contributed by atoms with Gasteiger partial charge < -0.3 is 25.0 Å². The topological polar surface area (TPSA) is 80.9 Å². The molecule has 3 heterocycles. The molecule has 31 heavy (non-hydrogen) atoms. The van der Waals surface area contributed by atoms with Gasteiger partial charge in [-0.15, -0.1) is 0 Å². The van der Waals surface area contributed by atoms with Crippen molar-refractivity contribution in [2.45, 2.75) is 6.92 Å². The Morgan fingerprint density at radius 3 is 2.48 bits per heavy atom. The van der Waals surface area contributed by atoms with Gasteiger partial charge in [-0.05, 0) is 30.2 Å². The number of hydrogen-bond acceptors (Lipinski definition) is 6. The molecule has 2 aliphatic rings. The Balaban J connectivity index is 1.60. The number of ether oxygens (including phenoxy) is 2. The second kappa shape index (κ2) is 8.17. The molecule has 5 rings (SSSR count). The summed E-state index contributed by atoms with van der Waals surface area (Å²) < 4.78 is 10.8. The molecule has 7 nitrogen and oxygen atoms in total. The maximum atomic E-state index is 12.4. The molecule has 0 saturated carbocycles. The number of fused-ring (bicyclic) bond motifs is 1. The zero-order chi connectivity index (χ0) is 21.4. The zero-order valence-electron chi connectivity index (χ0n) is 17.6. The molecular formula is C24H26N4O3. The predicted octanol–water partition coefficient (Wildman–Crippen LogP) is 2.99. The average molecular weight is 418 g/mol. The van der Waals surface area contributed by atoms with E-state index in [2.05, 4.69) is 36.1 Å². The normalized spacial score (nSPS) is 17.4. The number of aromatic nitrogens is 1. The number of nitrogens with two attached hydrogens (primary N) is 1. The number of anilines is 3. The van der Waals surface area contributed by atoms with Gasteiger partial charge >= 0.3 is 0 Å². The fourth-order valence-electron chi connectivity index (χ4n) is 4.46. The van der Waals surface area contributed by atoms with Crippen LogP contribution in [-0.4, -0.2) is 57.0 Å². The van der Waals surface area contributed by atoms with Gasteiger partial charge in [0, 0.05) is 36.3 Å². The van der Waals surface area contributed by atoms with Crippen molar-refractivity contribution in [1.29, 1.82) is 0 Å². The van der Waals surface area contributed by atoms with E-state index >= 15 is 0 Å². The predicted molar refractivity (Wildman–Crippen MR) is 123 cm³/mol. The van der Waals surface area contributed by atoms with Gasteiger partial charge in [-0.25, -0.2) is 4.98 Å². The molecule has 3 aromatic rings. The van der Waals surface area contributed by atoms with E-state index in [1.807, 2.05) is 23.1 Å². The number of morpholine rings is 2. The summed E-state index contributed by atoms with van der Waals surface area (Å²) in [6, 6.07) is 14.4. The van der Waals surface area contributed by atoms with Gasteiger partial charge in [-0.3, -0.25) is 4.79 Å². The van der Waals surface area contributed by atoms with Crippen LogP contribution in [0.25, 0.3) is 22.0 Å². The van der Waals surface area contributed by atoms with Crippen molar-refractivity contribution >= 4 is 34.0 Å². The highest BCUT2D eigenvalue weighted by Crippen LogP contribution is 2.37. The molecule has 2 N–H and O–H groups in total. The number of hydrogen-bond donors (Lipinski definition) is 1. The van der Waals surface area contributed by atoms with Gasteiger partial charge in [0.2, 0.25) is 0 Å². The molecule has 0 aliphatic carbocycles. The van der Waals surface area contributed by atoms with Gasteiger partial charge in [0.25, 0.3) is 5.91 Å². The highest BCUT2D eigenvalue weighted by atomic mass is 16.5. The van der Waals surface area contributed by atoms with E-state index in [0.29, 0.717) is 32.2 Å². The van der Waals surface area contributed by atoms with Crippen molar-refractivity contribution in [1.82, 2.24) is 4.98 Å². The van der Waals surface area contributed by atoms with Gasteiger partial charge in [0.05, 0.1) is 31.0 Å². The summed E-state index contributed by atoms with van der Waals surface area (Å²) >= 11 is 0. The van der Waals surface area contributed by atoms with Crippen LogP contribution < -0.4 is 15.5 Å². The Kier molecular flexibility index (Phi) is 5.21. The second-order valence-electron chi connectivity index (χ2n) is 7.92. The van der Waals surface area contributed by atoms with Gasteiger partial charge in [-0.1, -0.05) is 30.3 Å². The lowest BCUT2D eigenvalue weighted by atomic mass is 9.96. The molecular weight excluding hydrogens is 392 g/mol. The van der Waals surface area contributed by atoms with E-state index in [4.69, 9.17) is 20.2 Å². The largest absolute Gasteiger partial charge is 0.382 e. The smallest absolute Gasteiger partial charge is 0.253 e. The number of benzene rings is 2. The summed E-state index contributed by atoms with van der Waals surface area (Å²) in [7, 11) is 0. The van der Waals surface area contributed by atoms with E-state index in [0.717, 1.165) is 52.1 Å². The lowest BCUT2D eigenvalue weighted by molar-refractivity contribution is -0.125. The van der Waals surface area contributed by atoms with Crippen LogP contribution >= 0.6 is 0 Å². The Bertz CT molecular complexity index is 1140. The first-order valence-corrected chi connectivity index (χ1v) is 10.6. The van der Waals surface area contributed by atoms with Crippen LogP contribution in [0.4, 0.5) is 17.2 Å². The SMILES string of the molecule is Cc1c(-c2cccc3cc(N4CCOCC4)c(N)nc23)cccc1N1CCOCC1=O. The van der Waals surface area contributed by atoms with Gasteiger partial charge in [0.1, 0.15) is 12.4 Å². The Morgan fingerprint density at radius 1 is 0.935 bits per heavy atom. The fraction of sp³-hybridized carbons (Fsp3) is 0.333. The standard InChI is InChI=1S/C24H26N4O3/c1-16-18(5-3-7-20(16)28-10-13-31-15-22(28)29)19-6-2-4-17-14-21(24(25)26-23(17)19)27-8-11-30-12-9-27/h2-7,14H,8-13,15H2,1H3,(H2,25,26). The zero-order valence-corrected chi connectivity index (χ0v) is 17.6. The summed E-state index contributed by atoms with van der Waals surface area (Å²) in [5.41, 5.74) is 12.3. The molecule has 2 saturated heterocycles. The quantitative estimate of drug-likeness (QED) is 0.704. The molecule has 2 aromatic carbocycles. The van der Waals surface area contributed by atoms with Crippen LogP contribution in [0.2, 0.25) is 0 Å². The molecule has 0 bridgehead atoms. The molecule has 2 fully saturated rings. The van der Waals surface area contributed by atoms with Crippen LogP contribution in [0, 0.1) is 6.92 Å². The maximum absolute atomic E-state index is 12.4. The molecule has 0 spiro atoms. The van der Waals surface area contributed by atoms with E-state index in [9.17, 15) is 4.79 Å². The van der Waals surface area contributed by atoms with Crippen molar-refractivity contribution < 1.29 is 14.3 Å².